The van der Waals surface area contributed by atoms with E-state index in [9.17, 15) is 14.7 Å². The summed E-state index contributed by atoms with van der Waals surface area (Å²) >= 11 is 0. The molecule has 0 atom stereocenters. The number of nitrogens with one attached hydrogen (secondary N) is 2. The van der Waals surface area contributed by atoms with Crippen LogP contribution in [0.1, 0.15) is 47.1 Å². The highest BCUT2D eigenvalue weighted by Gasteiger charge is 2.15. The van der Waals surface area contributed by atoms with Gasteiger partial charge < -0.3 is 20.5 Å². The van der Waals surface area contributed by atoms with E-state index in [-0.39, 0.29) is 23.1 Å². The first-order chi connectivity index (χ1) is 12.2. The third-order valence-corrected chi connectivity index (χ3v) is 3.60. The third-order valence-electron chi connectivity index (χ3n) is 3.60. The zero-order chi connectivity index (χ0) is 19.3. The maximum atomic E-state index is 12.3. The van der Waals surface area contributed by atoms with Gasteiger partial charge in [0.05, 0.1) is 7.11 Å². The number of hydrogen-bond donors (Lipinski definition) is 3. The molecule has 6 heteroatoms. The minimum absolute atomic E-state index is 0.0479. The normalized spacial score (nSPS) is 10.9. The largest absolute Gasteiger partial charge is 0.504 e. The number of phenolic OH excluding ortho intramolecular Hbond substituents is 1. The van der Waals surface area contributed by atoms with E-state index in [4.69, 9.17) is 4.74 Å². The summed E-state index contributed by atoms with van der Waals surface area (Å²) in [5.74, 6) is -0.0295. The van der Waals surface area contributed by atoms with E-state index in [0.717, 1.165) is 5.56 Å². The fourth-order valence-electron chi connectivity index (χ4n) is 2.30. The summed E-state index contributed by atoms with van der Waals surface area (Å²) in [4.78, 5) is 24.4. The smallest absolute Gasteiger partial charge is 0.251 e. The molecular weight excluding hydrogens is 332 g/mol. The Morgan fingerprint density at radius 2 is 1.58 bits per heavy atom. The summed E-state index contributed by atoms with van der Waals surface area (Å²) in [6, 6.07) is 11.4. The molecule has 0 radical (unpaired) electrons. The summed E-state index contributed by atoms with van der Waals surface area (Å²) in [5.41, 5.74) is 1.44. The number of hydrogen-bond acceptors (Lipinski definition) is 4. The van der Waals surface area contributed by atoms with E-state index in [2.05, 4.69) is 10.6 Å². The van der Waals surface area contributed by atoms with Crippen LogP contribution in [0.25, 0.3) is 0 Å². The van der Waals surface area contributed by atoms with Gasteiger partial charge in [-0.1, -0.05) is 6.07 Å². The van der Waals surface area contributed by atoms with E-state index in [1.807, 2.05) is 20.8 Å². The van der Waals surface area contributed by atoms with Gasteiger partial charge >= 0.3 is 0 Å². The first kappa shape index (κ1) is 19.3. The molecule has 2 rings (SSSR count). The van der Waals surface area contributed by atoms with Crippen LogP contribution in [-0.4, -0.2) is 29.6 Å². The first-order valence-electron chi connectivity index (χ1n) is 8.26. The quantitative estimate of drug-likeness (QED) is 0.769. The number of phenols is 1. The number of carbonyl (C=O) groups excluding carboxylic acids is 2. The van der Waals surface area contributed by atoms with Crippen molar-refractivity contribution in [3.63, 3.8) is 0 Å². The van der Waals surface area contributed by atoms with Crippen molar-refractivity contribution in [3.8, 4) is 11.5 Å². The summed E-state index contributed by atoms with van der Waals surface area (Å²) in [6.45, 7) is 6.02. The van der Waals surface area contributed by atoms with Crippen molar-refractivity contribution in [3.05, 3.63) is 59.2 Å². The molecule has 26 heavy (non-hydrogen) atoms. The molecule has 0 aromatic heterocycles. The van der Waals surface area contributed by atoms with E-state index >= 15 is 0 Å². The van der Waals surface area contributed by atoms with Crippen LogP contribution in [0.4, 0.5) is 0 Å². The van der Waals surface area contributed by atoms with Gasteiger partial charge in [0.15, 0.2) is 11.5 Å². The Hall–Kier alpha value is -3.02. The molecule has 0 saturated heterocycles. The molecule has 0 spiro atoms. The summed E-state index contributed by atoms with van der Waals surface area (Å²) in [6.07, 6.45) is 0. The van der Waals surface area contributed by atoms with Gasteiger partial charge in [-0.2, -0.15) is 0 Å². The van der Waals surface area contributed by atoms with Crippen molar-refractivity contribution in [1.82, 2.24) is 10.6 Å². The Morgan fingerprint density at radius 3 is 2.12 bits per heavy atom. The van der Waals surface area contributed by atoms with Gasteiger partial charge in [-0.25, -0.2) is 0 Å². The summed E-state index contributed by atoms with van der Waals surface area (Å²) in [5, 5.41) is 15.3. The fraction of sp³-hybridized carbons (Fsp3) is 0.300. The maximum absolute atomic E-state index is 12.3. The van der Waals surface area contributed by atoms with Gasteiger partial charge in [0.2, 0.25) is 0 Å². The van der Waals surface area contributed by atoms with Crippen LogP contribution in [0.15, 0.2) is 42.5 Å². The molecule has 0 unspecified atom stereocenters. The molecule has 0 aliphatic heterocycles. The number of benzene rings is 2. The van der Waals surface area contributed by atoms with Crippen LogP contribution < -0.4 is 15.4 Å². The molecule has 0 aliphatic carbocycles. The van der Waals surface area contributed by atoms with E-state index in [1.54, 1.807) is 36.4 Å². The Kier molecular flexibility index (Phi) is 5.87. The predicted molar refractivity (Wildman–Crippen MR) is 99.5 cm³/mol. The predicted octanol–water partition coefficient (Wildman–Crippen LogP) is 2.86. The molecule has 0 saturated carbocycles. The second kappa shape index (κ2) is 7.91. The standard InChI is InChI=1S/C20H24N2O4/c1-20(2,3)22-19(25)15-8-6-14(7-9-15)18(24)21-12-13-5-10-16(23)17(11-13)26-4/h5-11,23H,12H2,1-4H3,(H,21,24)(H,22,25). The van der Waals surface area contributed by atoms with Gasteiger partial charge in [0.25, 0.3) is 11.8 Å². The zero-order valence-corrected chi connectivity index (χ0v) is 15.4. The molecule has 6 nitrogen and oxygen atoms in total. The van der Waals surface area contributed by atoms with Crippen molar-refractivity contribution in [2.45, 2.75) is 32.9 Å². The molecule has 0 aliphatic rings. The lowest BCUT2D eigenvalue weighted by Gasteiger charge is -2.20. The second-order valence-corrected chi connectivity index (χ2v) is 6.97. The van der Waals surface area contributed by atoms with Crippen LogP contribution >= 0.6 is 0 Å². The molecule has 2 amide bonds. The number of amides is 2. The summed E-state index contributed by atoms with van der Waals surface area (Å²) < 4.78 is 5.05. The molecule has 3 N–H and O–H groups in total. The zero-order valence-electron chi connectivity index (χ0n) is 15.4. The maximum Gasteiger partial charge on any atom is 0.251 e. The Morgan fingerprint density at radius 1 is 1.00 bits per heavy atom. The first-order valence-corrected chi connectivity index (χ1v) is 8.26. The highest BCUT2D eigenvalue weighted by atomic mass is 16.5. The molecule has 0 fully saturated rings. The number of carbonyl (C=O) groups is 2. The Bertz CT molecular complexity index is 792. The number of methoxy groups -OCH3 is 1. The monoisotopic (exact) mass is 356 g/mol. The average molecular weight is 356 g/mol. The van der Waals surface area contributed by atoms with Crippen LogP contribution in [-0.2, 0) is 6.54 Å². The fourth-order valence-corrected chi connectivity index (χ4v) is 2.30. The van der Waals surface area contributed by atoms with E-state index < -0.39 is 0 Å². The van der Waals surface area contributed by atoms with Gasteiger partial charge in [-0.05, 0) is 62.7 Å². The third kappa shape index (κ3) is 5.24. The molecule has 0 heterocycles. The Balaban J connectivity index is 1.99. The highest BCUT2D eigenvalue weighted by Crippen LogP contribution is 2.26. The highest BCUT2D eigenvalue weighted by molar-refractivity contribution is 5.98. The number of rotatable bonds is 5. The van der Waals surface area contributed by atoms with Crippen molar-refractivity contribution < 1.29 is 19.4 Å². The molecular formula is C20H24N2O4. The lowest BCUT2D eigenvalue weighted by molar-refractivity contribution is 0.0915. The minimum atomic E-state index is -0.321. The van der Waals surface area contributed by atoms with Crippen LogP contribution in [0.5, 0.6) is 11.5 Å². The van der Waals surface area contributed by atoms with Crippen LogP contribution in [0.3, 0.4) is 0 Å². The van der Waals surface area contributed by atoms with Gasteiger partial charge in [-0.15, -0.1) is 0 Å². The second-order valence-electron chi connectivity index (χ2n) is 6.97. The minimum Gasteiger partial charge on any atom is -0.504 e. The Labute approximate surface area is 153 Å². The molecule has 2 aromatic rings. The van der Waals surface area contributed by atoms with Gasteiger partial charge in [0.1, 0.15) is 0 Å². The van der Waals surface area contributed by atoms with E-state index in [0.29, 0.717) is 23.4 Å². The summed E-state index contributed by atoms with van der Waals surface area (Å²) in [7, 11) is 1.47. The van der Waals surface area contributed by atoms with Crippen molar-refractivity contribution >= 4 is 11.8 Å². The average Bonchev–Trinajstić information content (AvgIpc) is 2.59. The molecule has 0 bridgehead atoms. The lowest BCUT2D eigenvalue weighted by Crippen LogP contribution is -2.40. The van der Waals surface area contributed by atoms with Crippen LogP contribution in [0, 0.1) is 0 Å². The van der Waals surface area contributed by atoms with Crippen molar-refractivity contribution in [2.75, 3.05) is 7.11 Å². The topological polar surface area (TPSA) is 87.7 Å². The van der Waals surface area contributed by atoms with Crippen molar-refractivity contribution in [1.29, 1.82) is 0 Å². The SMILES string of the molecule is COc1cc(CNC(=O)c2ccc(C(=O)NC(C)(C)C)cc2)ccc1O. The number of aromatic hydroxyl groups is 1. The molecule has 138 valence electrons. The van der Waals surface area contributed by atoms with Crippen molar-refractivity contribution in [2.24, 2.45) is 0 Å². The van der Waals surface area contributed by atoms with Gasteiger partial charge in [0, 0.05) is 23.2 Å². The lowest BCUT2D eigenvalue weighted by atomic mass is 10.1. The van der Waals surface area contributed by atoms with Gasteiger partial charge in [-0.3, -0.25) is 9.59 Å². The number of ether oxygens (including phenoxy) is 1. The van der Waals surface area contributed by atoms with E-state index in [1.165, 1.54) is 13.2 Å². The molecule has 2 aromatic carbocycles. The van der Waals surface area contributed by atoms with Crippen LogP contribution in [0.2, 0.25) is 0 Å².